The van der Waals surface area contributed by atoms with Gasteiger partial charge in [-0.3, -0.25) is 0 Å². The molecular formula is C11H17BrN2. The van der Waals surface area contributed by atoms with Crippen molar-refractivity contribution in [2.75, 3.05) is 6.54 Å². The molecule has 14 heavy (non-hydrogen) atoms. The van der Waals surface area contributed by atoms with Crippen molar-refractivity contribution in [2.24, 2.45) is 11.5 Å². The molecule has 0 saturated carbocycles. The van der Waals surface area contributed by atoms with E-state index < -0.39 is 0 Å². The lowest BCUT2D eigenvalue weighted by atomic mass is 10.0. The fraction of sp³-hybridized carbons (Fsp3) is 0.455. The second-order valence-electron chi connectivity index (χ2n) is 3.41. The van der Waals surface area contributed by atoms with Crippen LogP contribution in [0.2, 0.25) is 0 Å². The lowest BCUT2D eigenvalue weighted by molar-refractivity contribution is 0.589. The lowest BCUT2D eigenvalue weighted by Gasteiger charge is -2.13. The summed E-state index contributed by atoms with van der Waals surface area (Å²) < 4.78 is 1.10. The van der Waals surface area contributed by atoms with Crippen molar-refractivity contribution in [3.8, 4) is 0 Å². The van der Waals surface area contributed by atoms with Crippen molar-refractivity contribution in [3.63, 3.8) is 0 Å². The summed E-state index contributed by atoms with van der Waals surface area (Å²) in [7, 11) is 0. The minimum Gasteiger partial charge on any atom is -0.330 e. The van der Waals surface area contributed by atoms with E-state index in [0.717, 1.165) is 30.3 Å². The van der Waals surface area contributed by atoms with Gasteiger partial charge in [-0.05, 0) is 31.0 Å². The van der Waals surface area contributed by atoms with Gasteiger partial charge >= 0.3 is 0 Å². The molecule has 0 aliphatic carbocycles. The number of benzene rings is 1. The van der Waals surface area contributed by atoms with Crippen molar-refractivity contribution in [1.29, 1.82) is 0 Å². The molecule has 0 radical (unpaired) electrons. The van der Waals surface area contributed by atoms with E-state index in [1.165, 1.54) is 5.56 Å². The number of hydrogen-bond donors (Lipinski definition) is 2. The smallest absolute Gasteiger partial charge is 0.0306 e. The van der Waals surface area contributed by atoms with Crippen LogP contribution in [0.25, 0.3) is 0 Å². The summed E-state index contributed by atoms with van der Waals surface area (Å²) in [5.74, 6) is 0. The molecule has 78 valence electrons. The van der Waals surface area contributed by atoms with Crippen molar-refractivity contribution >= 4 is 15.9 Å². The zero-order valence-corrected chi connectivity index (χ0v) is 9.83. The van der Waals surface area contributed by atoms with Gasteiger partial charge < -0.3 is 11.5 Å². The van der Waals surface area contributed by atoms with E-state index >= 15 is 0 Å². The third-order valence-electron chi connectivity index (χ3n) is 2.27. The number of unbranched alkanes of at least 4 members (excludes halogenated alkanes) is 1. The second-order valence-corrected chi connectivity index (χ2v) is 4.27. The molecule has 0 aliphatic heterocycles. The number of rotatable bonds is 5. The van der Waals surface area contributed by atoms with Crippen LogP contribution >= 0.6 is 15.9 Å². The van der Waals surface area contributed by atoms with Gasteiger partial charge in [0.15, 0.2) is 0 Å². The highest BCUT2D eigenvalue weighted by Gasteiger charge is 2.07. The molecule has 1 aromatic carbocycles. The highest BCUT2D eigenvalue weighted by atomic mass is 79.9. The number of halogens is 1. The third kappa shape index (κ3) is 3.40. The van der Waals surface area contributed by atoms with Crippen molar-refractivity contribution in [3.05, 3.63) is 34.3 Å². The Morgan fingerprint density at radius 3 is 2.57 bits per heavy atom. The lowest BCUT2D eigenvalue weighted by Crippen LogP contribution is -2.11. The minimum atomic E-state index is 0.122. The molecule has 0 saturated heterocycles. The molecule has 1 rings (SSSR count). The van der Waals surface area contributed by atoms with Crippen molar-refractivity contribution in [1.82, 2.24) is 0 Å². The molecule has 3 heteroatoms. The summed E-state index contributed by atoms with van der Waals surface area (Å²) in [6, 6.07) is 8.23. The molecule has 0 amide bonds. The van der Waals surface area contributed by atoms with Gasteiger partial charge in [-0.2, -0.15) is 0 Å². The summed E-state index contributed by atoms with van der Waals surface area (Å²) >= 11 is 3.50. The van der Waals surface area contributed by atoms with E-state index in [-0.39, 0.29) is 6.04 Å². The monoisotopic (exact) mass is 256 g/mol. The Balaban J connectivity index is 2.51. The normalized spacial score (nSPS) is 12.8. The fourth-order valence-electron chi connectivity index (χ4n) is 1.44. The van der Waals surface area contributed by atoms with Gasteiger partial charge in [-0.15, -0.1) is 0 Å². The minimum absolute atomic E-state index is 0.122. The Morgan fingerprint density at radius 2 is 1.93 bits per heavy atom. The largest absolute Gasteiger partial charge is 0.330 e. The van der Waals surface area contributed by atoms with Crippen LogP contribution in [0.15, 0.2) is 28.7 Å². The molecule has 0 unspecified atom stereocenters. The molecule has 2 nitrogen and oxygen atoms in total. The standard InChI is InChI=1S/C11H17BrN2/c12-10-6-2-1-5-9(10)11(14)7-3-4-8-13/h1-2,5-6,11H,3-4,7-8,13-14H2/t11-/m0/s1. The van der Waals surface area contributed by atoms with Gasteiger partial charge in [-0.25, -0.2) is 0 Å². The Morgan fingerprint density at radius 1 is 1.21 bits per heavy atom. The SMILES string of the molecule is NCCCC[C@H](N)c1ccccc1Br. The first-order chi connectivity index (χ1) is 6.75. The Labute approximate surface area is 93.8 Å². The van der Waals surface area contributed by atoms with Crippen LogP contribution < -0.4 is 11.5 Å². The van der Waals surface area contributed by atoms with Crippen LogP contribution in [-0.2, 0) is 0 Å². The summed E-state index contributed by atoms with van der Waals surface area (Å²) in [4.78, 5) is 0. The highest BCUT2D eigenvalue weighted by Crippen LogP contribution is 2.24. The fourth-order valence-corrected chi connectivity index (χ4v) is 2.02. The third-order valence-corrected chi connectivity index (χ3v) is 3.00. The molecule has 0 aliphatic rings. The van der Waals surface area contributed by atoms with Gasteiger partial charge in [0.25, 0.3) is 0 Å². The zero-order valence-electron chi connectivity index (χ0n) is 8.25. The van der Waals surface area contributed by atoms with E-state index in [4.69, 9.17) is 11.5 Å². The van der Waals surface area contributed by atoms with E-state index in [9.17, 15) is 0 Å². The van der Waals surface area contributed by atoms with Gasteiger partial charge in [0.2, 0.25) is 0 Å². The molecule has 0 spiro atoms. The van der Waals surface area contributed by atoms with Crippen LogP contribution in [0, 0.1) is 0 Å². The van der Waals surface area contributed by atoms with E-state index in [0.29, 0.717) is 0 Å². The zero-order chi connectivity index (χ0) is 10.4. The number of hydrogen-bond acceptors (Lipinski definition) is 2. The molecule has 0 heterocycles. The molecule has 1 atom stereocenters. The van der Waals surface area contributed by atoms with Crippen molar-refractivity contribution < 1.29 is 0 Å². The molecule has 0 fully saturated rings. The van der Waals surface area contributed by atoms with Gasteiger partial charge in [0, 0.05) is 10.5 Å². The maximum atomic E-state index is 6.07. The molecular weight excluding hydrogens is 240 g/mol. The molecule has 1 aromatic rings. The quantitative estimate of drug-likeness (QED) is 0.796. The van der Waals surface area contributed by atoms with E-state index in [1.54, 1.807) is 0 Å². The first-order valence-electron chi connectivity index (χ1n) is 4.95. The summed E-state index contributed by atoms with van der Waals surface area (Å²) in [5.41, 5.74) is 12.7. The number of nitrogens with two attached hydrogens (primary N) is 2. The molecule has 4 N–H and O–H groups in total. The first kappa shape index (κ1) is 11.7. The predicted molar refractivity (Wildman–Crippen MR) is 64.0 cm³/mol. The average molecular weight is 257 g/mol. The maximum absolute atomic E-state index is 6.07. The van der Waals surface area contributed by atoms with E-state index in [2.05, 4.69) is 22.0 Å². The molecule has 0 bridgehead atoms. The van der Waals surface area contributed by atoms with Crippen LogP contribution in [0.1, 0.15) is 30.9 Å². The topological polar surface area (TPSA) is 52.0 Å². The van der Waals surface area contributed by atoms with Crippen LogP contribution in [-0.4, -0.2) is 6.54 Å². The van der Waals surface area contributed by atoms with Gasteiger partial charge in [0.1, 0.15) is 0 Å². The first-order valence-corrected chi connectivity index (χ1v) is 5.75. The Hall–Kier alpha value is -0.380. The average Bonchev–Trinajstić information content (AvgIpc) is 2.18. The second kappa shape index (κ2) is 6.17. The van der Waals surface area contributed by atoms with E-state index in [1.807, 2.05) is 18.2 Å². The summed E-state index contributed by atoms with van der Waals surface area (Å²) in [6.07, 6.45) is 3.15. The van der Waals surface area contributed by atoms with Crippen molar-refractivity contribution in [2.45, 2.75) is 25.3 Å². The molecule has 0 aromatic heterocycles. The van der Waals surface area contributed by atoms with Gasteiger partial charge in [0.05, 0.1) is 0 Å². The Kier molecular flexibility index (Phi) is 5.15. The van der Waals surface area contributed by atoms with Gasteiger partial charge in [-0.1, -0.05) is 40.5 Å². The Bertz CT molecular complexity index is 276. The highest BCUT2D eigenvalue weighted by molar-refractivity contribution is 9.10. The summed E-state index contributed by atoms with van der Waals surface area (Å²) in [6.45, 7) is 0.753. The maximum Gasteiger partial charge on any atom is 0.0306 e. The predicted octanol–water partition coefficient (Wildman–Crippen LogP) is 2.58. The van der Waals surface area contributed by atoms with Crippen LogP contribution in [0.5, 0.6) is 0 Å². The van der Waals surface area contributed by atoms with Crippen LogP contribution in [0.3, 0.4) is 0 Å². The van der Waals surface area contributed by atoms with Crippen LogP contribution in [0.4, 0.5) is 0 Å². The summed E-state index contributed by atoms with van der Waals surface area (Å²) in [5, 5.41) is 0.